The van der Waals surface area contributed by atoms with Gasteiger partial charge < -0.3 is 19.9 Å². The third kappa shape index (κ3) is 5.43. The van der Waals surface area contributed by atoms with Gasteiger partial charge in [0.15, 0.2) is 0 Å². The molecule has 0 atom stereocenters. The fourth-order valence-corrected chi connectivity index (χ4v) is 4.33. The zero-order valence-corrected chi connectivity index (χ0v) is 19.0. The van der Waals surface area contributed by atoms with E-state index < -0.39 is 0 Å². The molecule has 2 N–H and O–H groups in total. The van der Waals surface area contributed by atoms with Crippen LogP contribution in [0, 0.1) is 0 Å². The first-order chi connectivity index (χ1) is 15.5. The zero-order chi connectivity index (χ0) is 22.5. The molecule has 168 valence electrons. The molecule has 0 saturated heterocycles. The number of H-pyrrole nitrogens is 1. The molecule has 2 amide bonds. The van der Waals surface area contributed by atoms with Gasteiger partial charge in [-0.15, -0.1) is 0 Å². The van der Waals surface area contributed by atoms with Crippen molar-refractivity contribution in [3.63, 3.8) is 0 Å². The summed E-state index contributed by atoms with van der Waals surface area (Å²) in [7, 11) is 1.61. The van der Waals surface area contributed by atoms with E-state index in [1.165, 1.54) is 6.42 Å². The van der Waals surface area contributed by atoms with Gasteiger partial charge >= 0.3 is 6.03 Å². The van der Waals surface area contributed by atoms with Crippen LogP contribution in [-0.4, -0.2) is 29.1 Å². The number of hydrogen-bond donors (Lipinski definition) is 2. The third-order valence-electron chi connectivity index (χ3n) is 6.00. The summed E-state index contributed by atoms with van der Waals surface area (Å²) in [5.41, 5.74) is 2.01. The summed E-state index contributed by atoms with van der Waals surface area (Å²) in [6.45, 7) is 0.578. The van der Waals surface area contributed by atoms with E-state index in [0.717, 1.165) is 42.1 Å². The number of aromatic amines is 1. The maximum Gasteiger partial charge on any atom is 0.318 e. The molecule has 7 heteroatoms. The number of aromatic nitrogens is 1. The first-order valence-electron chi connectivity index (χ1n) is 11.0. The van der Waals surface area contributed by atoms with E-state index in [9.17, 15) is 9.59 Å². The number of ether oxygens (including phenoxy) is 1. The average molecular weight is 454 g/mol. The van der Waals surface area contributed by atoms with Crippen LogP contribution in [0.25, 0.3) is 10.9 Å². The van der Waals surface area contributed by atoms with Crippen molar-refractivity contribution in [3.05, 3.63) is 75.0 Å². The normalized spacial score (nSPS) is 14.3. The molecule has 1 saturated carbocycles. The van der Waals surface area contributed by atoms with E-state index in [1.807, 2.05) is 48.5 Å². The minimum atomic E-state index is -0.200. The van der Waals surface area contributed by atoms with E-state index in [4.69, 9.17) is 16.3 Å². The fourth-order valence-electron chi connectivity index (χ4n) is 4.20. The Bertz CT molecular complexity index is 1140. The van der Waals surface area contributed by atoms with Crippen LogP contribution in [0.4, 0.5) is 4.79 Å². The molecular formula is C25H28ClN3O3. The molecular weight excluding hydrogens is 426 g/mol. The topological polar surface area (TPSA) is 74.4 Å². The number of nitrogens with one attached hydrogen (secondary N) is 2. The Hall–Kier alpha value is -2.99. The maximum absolute atomic E-state index is 13.2. The number of benzene rings is 2. The summed E-state index contributed by atoms with van der Waals surface area (Å²) < 4.78 is 5.31. The molecule has 1 fully saturated rings. The quantitative estimate of drug-likeness (QED) is 0.536. The minimum absolute atomic E-state index is 0.156. The Labute approximate surface area is 192 Å². The largest absolute Gasteiger partial charge is 0.497 e. The smallest absolute Gasteiger partial charge is 0.318 e. The van der Waals surface area contributed by atoms with Gasteiger partial charge in [0.1, 0.15) is 5.75 Å². The summed E-state index contributed by atoms with van der Waals surface area (Å²) in [6.07, 6.45) is 5.48. The molecule has 4 rings (SSSR count). The molecule has 32 heavy (non-hydrogen) atoms. The molecule has 0 aliphatic heterocycles. The van der Waals surface area contributed by atoms with Crippen molar-refractivity contribution in [3.8, 4) is 5.75 Å². The number of fused-ring (bicyclic) bond motifs is 1. The molecule has 3 aromatic rings. The summed E-state index contributed by atoms with van der Waals surface area (Å²) in [5.74, 6) is 0.712. The number of hydrogen-bond acceptors (Lipinski definition) is 3. The minimum Gasteiger partial charge on any atom is -0.497 e. The lowest BCUT2D eigenvalue weighted by Crippen LogP contribution is -2.45. The number of amides is 2. The molecule has 0 spiro atoms. The van der Waals surface area contributed by atoms with Gasteiger partial charge in [0, 0.05) is 34.1 Å². The van der Waals surface area contributed by atoms with E-state index in [2.05, 4.69) is 10.3 Å². The Kier molecular flexibility index (Phi) is 7.00. The standard InChI is InChI=1S/C25H28ClN3O3/c1-32-22-11-12-23-18(14-22)13-19(24(30)28-23)16-29(15-17-7-9-20(26)10-8-17)25(31)27-21-5-3-2-4-6-21/h7-14,21H,2-6,15-16H2,1H3,(H,27,31)(H,28,30). The maximum atomic E-state index is 13.2. The molecule has 1 aromatic heterocycles. The van der Waals surface area contributed by atoms with Crippen molar-refractivity contribution in [2.45, 2.75) is 51.2 Å². The van der Waals surface area contributed by atoms with Crippen molar-refractivity contribution in [2.24, 2.45) is 0 Å². The van der Waals surface area contributed by atoms with Gasteiger partial charge in [-0.05, 0) is 54.8 Å². The van der Waals surface area contributed by atoms with Gasteiger partial charge in [-0.2, -0.15) is 0 Å². The first-order valence-corrected chi connectivity index (χ1v) is 11.4. The highest BCUT2D eigenvalue weighted by Crippen LogP contribution is 2.21. The average Bonchev–Trinajstić information content (AvgIpc) is 2.80. The lowest BCUT2D eigenvalue weighted by Gasteiger charge is -2.28. The summed E-state index contributed by atoms with van der Waals surface area (Å²) in [6, 6.07) is 14.8. The van der Waals surface area contributed by atoms with Gasteiger partial charge in [0.2, 0.25) is 0 Å². The van der Waals surface area contributed by atoms with Crippen LogP contribution in [0.3, 0.4) is 0 Å². The van der Waals surface area contributed by atoms with Gasteiger partial charge in [-0.1, -0.05) is 43.0 Å². The first kappa shape index (κ1) is 22.2. The Morgan fingerprint density at radius 2 is 1.84 bits per heavy atom. The van der Waals surface area contributed by atoms with Gasteiger partial charge in [-0.25, -0.2) is 4.79 Å². The Balaban J connectivity index is 1.61. The predicted molar refractivity (Wildman–Crippen MR) is 127 cm³/mol. The SMILES string of the molecule is COc1ccc2[nH]c(=O)c(CN(Cc3ccc(Cl)cc3)C(=O)NC3CCCCC3)cc2c1. The number of rotatable bonds is 6. The fraction of sp³-hybridized carbons (Fsp3) is 0.360. The number of carbonyl (C=O) groups excluding carboxylic acids is 1. The molecule has 6 nitrogen and oxygen atoms in total. The van der Waals surface area contributed by atoms with Crippen LogP contribution in [0.15, 0.2) is 53.3 Å². The summed E-state index contributed by atoms with van der Waals surface area (Å²) in [4.78, 5) is 30.6. The molecule has 1 aliphatic rings. The molecule has 0 bridgehead atoms. The molecule has 0 unspecified atom stereocenters. The van der Waals surface area contributed by atoms with Crippen LogP contribution in [-0.2, 0) is 13.1 Å². The van der Waals surface area contributed by atoms with Crippen molar-refractivity contribution in [1.82, 2.24) is 15.2 Å². The van der Waals surface area contributed by atoms with E-state index in [-0.39, 0.29) is 24.2 Å². The second-order valence-corrected chi connectivity index (χ2v) is 8.78. The van der Waals surface area contributed by atoms with Gasteiger partial charge in [0.05, 0.1) is 13.7 Å². The molecule has 2 aromatic carbocycles. The van der Waals surface area contributed by atoms with Crippen molar-refractivity contribution in [2.75, 3.05) is 7.11 Å². The second-order valence-electron chi connectivity index (χ2n) is 8.34. The monoisotopic (exact) mass is 453 g/mol. The third-order valence-corrected chi connectivity index (χ3v) is 6.25. The number of methoxy groups -OCH3 is 1. The van der Waals surface area contributed by atoms with Crippen molar-refractivity contribution < 1.29 is 9.53 Å². The van der Waals surface area contributed by atoms with Crippen LogP contribution in [0.2, 0.25) is 5.02 Å². The lowest BCUT2D eigenvalue weighted by atomic mass is 9.96. The van der Waals surface area contributed by atoms with Crippen LogP contribution in [0.5, 0.6) is 5.75 Å². The number of urea groups is 1. The molecule has 1 heterocycles. The van der Waals surface area contributed by atoms with Crippen LogP contribution >= 0.6 is 11.6 Å². The molecule has 1 aliphatic carbocycles. The zero-order valence-electron chi connectivity index (χ0n) is 18.2. The number of halogens is 1. The lowest BCUT2D eigenvalue weighted by molar-refractivity contribution is 0.184. The predicted octanol–water partition coefficient (Wildman–Crippen LogP) is 5.23. The van der Waals surface area contributed by atoms with Crippen LogP contribution < -0.4 is 15.6 Å². The highest BCUT2D eigenvalue weighted by atomic mass is 35.5. The van der Waals surface area contributed by atoms with Crippen molar-refractivity contribution in [1.29, 1.82) is 0 Å². The van der Waals surface area contributed by atoms with Gasteiger partial charge in [-0.3, -0.25) is 4.79 Å². The summed E-state index contributed by atoms with van der Waals surface area (Å²) >= 11 is 6.02. The van der Waals surface area contributed by atoms with Gasteiger partial charge in [0.25, 0.3) is 5.56 Å². The van der Waals surface area contributed by atoms with E-state index >= 15 is 0 Å². The number of carbonyl (C=O) groups is 1. The Morgan fingerprint density at radius 1 is 1.09 bits per heavy atom. The highest BCUT2D eigenvalue weighted by molar-refractivity contribution is 6.30. The summed E-state index contributed by atoms with van der Waals surface area (Å²) in [5, 5.41) is 4.68. The number of pyridine rings is 1. The Morgan fingerprint density at radius 3 is 2.56 bits per heavy atom. The van der Waals surface area contributed by atoms with Crippen molar-refractivity contribution >= 4 is 28.5 Å². The van der Waals surface area contributed by atoms with E-state index in [0.29, 0.717) is 22.9 Å². The second kappa shape index (κ2) is 10.1. The number of nitrogens with zero attached hydrogens (tertiary/aromatic N) is 1. The van der Waals surface area contributed by atoms with Crippen LogP contribution in [0.1, 0.15) is 43.2 Å². The highest BCUT2D eigenvalue weighted by Gasteiger charge is 2.21. The molecule has 0 radical (unpaired) electrons. The van der Waals surface area contributed by atoms with E-state index in [1.54, 1.807) is 12.0 Å².